The topological polar surface area (TPSA) is 158 Å². The molecule has 12 nitrogen and oxygen atoms in total. The van der Waals surface area contributed by atoms with Gasteiger partial charge in [0.25, 0.3) is 5.91 Å². The standard InChI is InChI=1S/C42H49ClN8O4/c1-25(24-52)45-21-28-20-30-14-17-44-39(38(30)46-22-28)47-33-8-4-6-31(26(33)2)32-7-5-9-34(37(32)43)49-41(53)40-48-35-23-51(19-16-36(35)50(40)3)18-15-27-10-12-29(13-11-27)42(54)55/h4-9,14,17,20,22,25,27,29,45,52H,10-13,15-16,18-19,21,23-24H2,1-3H3,(H,44,47)(H,49,53)(H,54,55)/t25-,27?,29?/m1/s1. The number of nitrogens with one attached hydrogen (secondary N) is 3. The van der Waals surface area contributed by atoms with Crippen molar-refractivity contribution >= 4 is 51.6 Å². The van der Waals surface area contributed by atoms with Gasteiger partial charge in [0.2, 0.25) is 0 Å². The molecule has 7 rings (SSSR count). The second-order valence-electron chi connectivity index (χ2n) is 15.0. The summed E-state index contributed by atoms with van der Waals surface area (Å²) in [4.78, 5) is 41.6. The molecule has 5 aromatic rings. The molecule has 2 aliphatic rings. The fourth-order valence-electron chi connectivity index (χ4n) is 7.89. The summed E-state index contributed by atoms with van der Waals surface area (Å²) in [5, 5.41) is 29.9. The Balaban J connectivity index is 1.03. The van der Waals surface area contributed by atoms with Crippen molar-refractivity contribution in [1.82, 2.24) is 29.7 Å². The minimum atomic E-state index is -0.663. The van der Waals surface area contributed by atoms with E-state index in [9.17, 15) is 19.8 Å². The highest BCUT2D eigenvalue weighted by atomic mass is 35.5. The van der Waals surface area contributed by atoms with E-state index in [0.717, 1.165) is 102 Å². The summed E-state index contributed by atoms with van der Waals surface area (Å²) in [5.74, 6) is 0.375. The smallest absolute Gasteiger partial charge is 0.306 e. The molecule has 2 aromatic carbocycles. The molecular formula is C42H49ClN8O4. The molecule has 13 heteroatoms. The zero-order valence-electron chi connectivity index (χ0n) is 31.6. The molecule has 0 spiro atoms. The van der Waals surface area contributed by atoms with Crippen LogP contribution in [0.25, 0.3) is 22.0 Å². The Morgan fingerprint density at radius 2 is 1.80 bits per heavy atom. The van der Waals surface area contributed by atoms with Crippen LogP contribution in [0.5, 0.6) is 0 Å². The number of hydrogen-bond acceptors (Lipinski definition) is 9. The minimum Gasteiger partial charge on any atom is -0.481 e. The first-order valence-electron chi connectivity index (χ1n) is 19.1. The van der Waals surface area contributed by atoms with Gasteiger partial charge in [-0.2, -0.15) is 0 Å². The maximum atomic E-state index is 13.7. The number of anilines is 3. The molecule has 0 radical (unpaired) electrons. The van der Waals surface area contributed by atoms with Crippen LogP contribution in [-0.2, 0) is 31.4 Å². The number of carboxylic acid groups (broad SMARTS) is 1. The summed E-state index contributed by atoms with van der Waals surface area (Å²) in [7, 11) is 1.90. The largest absolute Gasteiger partial charge is 0.481 e. The molecule has 5 N–H and O–H groups in total. The second-order valence-corrected chi connectivity index (χ2v) is 15.4. The number of imidazole rings is 1. The van der Waals surface area contributed by atoms with Crippen LogP contribution in [0.1, 0.15) is 72.2 Å². The molecule has 55 heavy (non-hydrogen) atoms. The number of carbonyl (C=O) groups is 2. The van der Waals surface area contributed by atoms with Gasteiger partial charge in [-0.3, -0.25) is 19.5 Å². The molecule has 0 unspecified atom stereocenters. The number of amides is 1. The fraction of sp³-hybridized carbons (Fsp3) is 0.405. The summed E-state index contributed by atoms with van der Waals surface area (Å²) in [5.41, 5.74) is 7.76. The first-order chi connectivity index (χ1) is 26.6. The van der Waals surface area contributed by atoms with Gasteiger partial charge in [-0.25, -0.2) is 9.97 Å². The van der Waals surface area contributed by atoms with Crippen molar-refractivity contribution in [1.29, 1.82) is 0 Å². The van der Waals surface area contributed by atoms with Gasteiger partial charge in [-0.05, 0) is 99.4 Å². The van der Waals surface area contributed by atoms with Crippen molar-refractivity contribution in [3.63, 3.8) is 0 Å². The van der Waals surface area contributed by atoms with Crippen molar-refractivity contribution in [2.45, 2.75) is 71.5 Å². The SMILES string of the molecule is Cc1c(Nc2nccc3cc(CN[C@H](C)CO)cnc23)cccc1-c1cccc(NC(=O)c2nc3c(n2C)CCN(CCC2CCC(C(=O)O)CC2)C3)c1Cl. The number of hydrogen-bond donors (Lipinski definition) is 5. The molecule has 3 aromatic heterocycles. The number of aromatic nitrogens is 4. The number of aliphatic hydroxyl groups excluding tert-OH is 1. The lowest BCUT2D eigenvalue weighted by molar-refractivity contribution is -0.143. The van der Waals surface area contributed by atoms with E-state index >= 15 is 0 Å². The highest BCUT2D eigenvalue weighted by molar-refractivity contribution is 6.36. The first-order valence-corrected chi connectivity index (χ1v) is 19.5. The monoisotopic (exact) mass is 764 g/mol. The van der Waals surface area contributed by atoms with Gasteiger partial charge >= 0.3 is 5.97 Å². The van der Waals surface area contributed by atoms with Crippen LogP contribution in [0.2, 0.25) is 5.02 Å². The van der Waals surface area contributed by atoms with E-state index in [1.54, 1.807) is 12.3 Å². The zero-order valence-corrected chi connectivity index (χ0v) is 32.4. The Morgan fingerprint density at radius 1 is 1.04 bits per heavy atom. The summed E-state index contributed by atoms with van der Waals surface area (Å²) in [6, 6.07) is 15.6. The Hall–Kier alpha value is -4.88. The van der Waals surface area contributed by atoms with Crippen molar-refractivity contribution in [3.8, 4) is 11.1 Å². The quantitative estimate of drug-likeness (QED) is 0.0838. The number of nitrogens with zero attached hydrogens (tertiary/aromatic N) is 5. The number of benzene rings is 2. The average molecular weight is 765 g/mol. The lowest BCUT2D eigenvalue weighted by atomic mass is 9.80. The van der Waals surface area contributed by atoms with E-state index in [1.807, 2.05) is 68.1 Å². The molecule has 1 amide bonds. The number of pyridine rings is 2. The van der Waals surface area contributed by atoms with E-state index in [2.05, 4.69) is 31.9 Å². The lowest BCUT2D eigenvalue weighted by Gasteiger charge is -2.30. The number of rotatable bonds is 13. The molecular weight excluding hydrogens is 716 g/mol. The third kappa shape index (κ3) is 8.52. The molecule has 1 saturated carbocycles. The third-order valence-electron chi connectivity index (χ3n) is 11.3. The Kier molecular flexibility index (Phi) is 11.8. The van der Waals surface area contributed by atoms with Gasteiger partial charge in [0.15, 0.2) is 11.6 Å². The van der Waals surface area contributed by atoms with Gasteiger partial charge in [0.1, 0.15) is 5.52 Å². The molecule has 1 aliphatic heterocycles. The predicted octanol–water partition coefficient (Wildman–Crippen LogP) is 7.10. The molecule has 1 fully saturated rings. The first kappa shape index (κ1) is 38.4. The Morgan fingerprint density at radius 3 is 2.56 bits per heavy atom. The molecule has 1 atom stereocenters. The number of halogens is 1. The van der Waals surface area contributed by atoms with Gasteiger partial charge < -0.3 is 30.7 Å². The average Bonchev–Trinajstić information content (AvgIpc) is 3.53. The molecule has 0 saturated heterocycles. The van der Waals surface area contributed by atoms with Gasteiger partial charge in [-0.1, -0.05) is 35.9 Å². The van der Waals surface area contributed by atoms with Crippen molar-refractivity contribution in [2.75, 3.05) is 30.3 Å². The maximum Gasteiger partial charge on any atom is 0.306 e. The molecule has 288 valence electrons. The highest BCUT2D eigenvalue weighted by Gasteiger charge is 2.29. The van der Waals surface area contributed by atoms with E-state index in [-0.39, 0.29) is 24.5 Å². The van der Waals surface area contributed by atoms with E-state index in [0.29, 0.717) is 41.4 Å². The van der Waals surface area contributed by atoms with Crippen LogP contribution in [0.15, 0.2) is 60.9 Å². The number of fused-ring (bicyclic) bond motifs is 2. The van der Waals surface area contributed by atoms with Gasteiger partial charge in [-0.15, -0.1) is 0 Å². The Labute approximate surface area is 326 Å². The molecule has 4 heterocycles. The maximum absolute atomic E-state index is 13.7. The van der Waals surface area contributed by atoms with E-state index in [4.69, 9.17) is 21.6 Å². The Bertz CT molecular complexity index is 2200. The molecule has 1 aliphatic carbocycles. The number of carbonyl (C=O) groups excluding carboxylic acids is 1. The number of aliphatic hydroxyl groups is 1. The van der Waals surface area contributed by atoms with Crippen molar-refractivity contribution in [2.24, 2.45) is 18.9 Å². The normalized spacial score (nSPS) is 17.8. The summed E-state index contributed by atoms with van der Waals surface area (Å²) in [6.07, 6.45) is 8.94. The summed E-state index contributed by atoms with van der Waals surface area (Å²) in [6.45, 7) is 7.15. The highest BCUT2D eigenvalue weighted by Crippen LogP contribution is 2.39. The zero-order chi connectivity index (χ0) is 38.6. The molecule has 0 bridgehead atoms. The van der Waals surface area contributed by atoms with Crippen molar-refractivity contribution < 1.29 is 19.8 Å². The second kappa shape index (κ2) is 16.9. The predicted molar refractivity (Wildman–Crippen MR) is 216 cm³/mol. The van der Waals surface area contributed by atoms with Crippen LogP contribution in [0.4, 0.5) is 17.2 Å². The summed E-state index contributed by atoms with van der Waals surface area (Å²) < 4.78 is 1.90. The third-order valence-corrected chi connectivity index (χ3v) is 11.7. The van der Waals surface area contributed by atoms with E-state index in [1.165, 1.54) is 0 Å². The van der Waals surface area contributed by atoms with Gasteiger partial charge in [0, 0.05) is 73.9 Å². The summed E-state index contributed by atoms with van der Waals surface area (Å²) >= 11 is 7.05. The van der Waals surface area contributed by atoms with Gasteiger partial charge in [0.05, 0.1) is 28.9 Å². The van der Waals surface area contributed by atoms with Crippen LogP contribution in [0, 0.1) is 18.8 Å². The minimum absolute atomic E-state index is 0.00796. The van der Waals surface area contributed by atoms with Crippen LogP contribution < -0.4 is 16.0 Å². The number of carboxylic acids is 1. The number of aliphatic carboxylic acids is 1. The van der Waals surface area contributed by atoms with Crippen molar-refractivity contribution in [3.05, 3.63) is 94.3 Å². The van der Waals surface area contributed by atoms with Crippen LogP contribution in [0.3, 0.4) is 0 Å². The fourth-order valence-corrected chi connectivity index (χ4v) is 8.17. The van der Waals surface area contributed by atoms with E-state index < -0.39 is 5.97 Å². The van der Waals surface area contributed by atoms with Crippen LogP contribution >= 0.6 is 11.6 Å². The van der Waals surface area contributed by atoms with Crippen LogP contribution in [-0.4, -0.2) is 72.2 Å². The lowest BCUT2D eigenvalue weighted by Crippen LogP contribution is -2.33.